The van der Waals surface area contributed by atoms with Gasteiger partial charge in [0.1, 0.15) is 0 Å². The molecule has 58 valence electrons. The number of amides is 1. The molecule has 1 rings (SSSR count). The molecule has 0 radical (unpaired) electrons. The van der Waals surface area contributed by atoms with Crippen LogP contribution in [0.2, 0.25) is 0 Å². The molecule has 1 aliphatic carbocycles. The first-order chi connectivity index (χ1) is 4.70. The first kappa shape index (κ1) is 11.1. The van der Waals surface area contributed by atoms with Gasteiger partial charge in [0.25, 0.3) is 0 Å². The summed E-state index contributed by atoms with van der Waals surface area (Å²) >= 11 is 0. The van der Waals surface area contributed by atoms with E-state index in [1.165, 1.54) is 0 Å². The second-order valence-corrected chi connectivity index (χ2v) is 3.12. The molecule has 0 atom stereocenters. The number of nitrogens with one attached hydrogen (secondary N) is 1. The molecule has 0 aromatic rings. The Kier molecular flexibility index (Phi) is 4.88. The van der Waals surface area contributed by atoms with Gasteiger partial charge in [-0.1, -0.05) is 0 Å². The molecule has 11 heavy (non-hydrogen) atoms. The topological polar surface area (TPSA) is 29.1 Å². The van der Waals surface area contributed by atoms with Crippen molar-refractivity contribution in [2.45, 2.75) is 32.7 Å². The second kappa shape index (κ2) is 4.85. The van der Waals surface area contributed by atoms with E-state index >= 15 is 0 Å². The van der Waals surface area contributed by atoms with Crippen molar-refractivity contribution in [2.75, 3.05) is 0 Å². The van der Waals surface area contributed by atoms with E-state index in [0.29, 0.717) is 0 Å². The van der Waals surface area contributed by atoms with Gasteiger partial charge in [-0.2, -0.15) is 12.8 Å². The summed E-state index contributed by atoms with van der Waals surface area (Å²) in [5.41, 5.74) is 0. The molecule has 0 aromatic carbocycles. The largest absolute Gasteiger partial charge is 1.00 e. The average Bonchev–Trinajstić information content (AvgIpc) is 1.55. The maximum Gasteiger partial charge on any atom is 1.00 e. The molecule has 3 heteroatoms. The van der Waals surface area contributed by atoms with E-state index in [9.17, 15) is 4.79 Å². The molecule has 2 nitrogen and oxygen atoms in total. The van der Waals surface area contributed by atoms with Crippen molar-refractivity contribution in [3.05, 3.63) is 6.42 Å². The first-order valence-electron chi connectivity index (χ1n) is 3.82. The second-order valence-electron chi connectivity index (χ2n) is 3.12. The number of carbonyl (C=O) groups is 1. The van der Waals surface area contributed by atoms with E-state index < -0.39 is 0 Å². The van der Waals surface area contributed by atoms with Crippen LogP contribution in [0.1, 0.15) is 26.7 Å². The summed E-state index contributed by atoms with van der Waals surface area (Å²) in [5.74, 6) is 0.500. The van der Waals surface area contributed by atoms with Gasteiger partial charge in [-0.25, -0.2) is 0 Å². The van der Waals surface area contributed by atoms with Crippen LogP contribution in [0, 0.1) is 12.3 Å². The fraction of sp³-hybridized carbons (Fsp3) is 0.750. The predicted octanol–water partition coefficient (Wildman–Crippen LogP) is -1.87. The zero-order valence-corrected chi connectivity index (χ0v) is 7.55. The van der Waals surface area contributed by atoms with Crippen LogP contribution < -0.4 is 24.2 Å². The number of hydrogen-bond acceptors (Lipinski definition) is 1. The summed E-state index contributed by atoms with van der Waals surface area (Å²) in [6, 6.07) is 0.285. The van der Waals surface area contributed by atoms with Gasteiger partial charge in [0.05, 0.1) is 0 Å². The molecule has 0 aromatic heterocycles. The minimum absolute atomic E-state index is 0. The Bertz CT molecular complexity index is 132. The molecule has 0 saturated heterocycles. The van der Waals surface area contributed by atoms with Crippen LogP contribution in [0.15, 0.2) is 0 Å². The van der Waals surface area contributed by atoms with E-state index in [1.807, 2.05) is 13.8 Å². The van der Waals surface area contributed by atoms with Crippen LogP contribution >= 0.6 is 0 Å². The first-order valence-corrected chi connectivity index (χ1v) is 3.82. The van der Waals surface area contributed by atoms with Crippen molar-refractivity contribution in [2.24, 2.45) is 5.92 Å². The maximum atomic E-state index is 11.1. The zero-order chi connectivity index (χ0) is 7.56. The normalized spacial score (nSPS) is 17.0. The average molecular weight is 147 g/mol. The molecule has 0 heterocycles. The van der Waals surface area contributed by atoms with E-state index in [1.54, 1.807) is 0 Å². The third kappa shape index (κ3) is 3.31. The van der Waals surface area contributed by atoms with Crippen LogP contribution in [0.3, 0.4) is 0 Å². The molecular formula is C8H14LiNO. The van der Waals surface area contributed by atoms with Crippen molar-refractivity contribution in [3.8, 4) is 0 Å². The third-order valence-electron chi connectivity index (χ3n) is 1.70. The minimum Gasteiger partial charge on any atom is -0.354 e. The summed E-state index contributed by atoms with van der Waals surface area (Å²) in [6.45, 7) is 3.97. The summed E-state index contributed by atoms with van der Waals surface area (Å²) in [5, 5.41) is 2.89. The van der Waals surface area contributed by atoms with E-state index in [-0.39, 0.29) is 36.7 Å². The van der Waals surface area contributed by atoms with Gasteiger partial charge in [-0.15, -0.1) is 0 Å². The van der Waals surface area contributed by atoms with Crippen LogP contribution in [-0.2, 0) is 4.79 Å². The fourth-order valence-electron chi connectivity index (χ4n) is 0.950. The zero-order valence-electron chi connectivity index (χ0n) is 7.55. The Hall–Kier alpha value is 0.0674. The van der Waals surface area contributed by atoms with Crippen molar-refractivity contribution in [1.82, 2.24) is 5.32 Å². The Morgan fingerprint density at radius 1 is 1.55 bits per heavy atom. The third-order valence-corrected chi connectivity index (χ3v) is 1.70. The molecule has 0 unspecified atom stereocenters. The van der Waals surface area contributed by atoms with E-state index in [0.717, 1.165) is 12.8 Å². The van der Waals surface area contributed by atoms with E-state index in [2.05, 4.69) is 11.7 Å². The molecule has 1 aliphatic rings. The predicted molar refractivity (Wildman–Crippen MR) is 40.3 cm³/mol. The summed E-state index contributed by atoms with van der Waals surface area (Å²) in [4.78, 5) is 11.1. The Balaban J connectivity index is 0.000001000. The SMILES string of the molecule is CC(C)NC(=O)C1C[CH-]C1.[Li+]. The fourth-order valence-corrected chi connectivity index (χ4v) is 0.950. The van der Waals surface area contributed by atoms with Gasteiger partial charge in [0.2, 0.25) is 5.91 Å². The van der Waals surface area contributed by atoms with E-state index in [4.69, 9.17) is 0 Å². The van der Waals surface area contributed by atoms with Crippen molar-refractivity contribution in [3.63, 3.8) is 0 Å². The Morgan fingerprint density at radius 3 is 2.36 bits per heavy atom. The molecule has 1 saturated carbocycles. The molecule has 1 amide bonds. The Labute approximate surface area is 80.3 Å². The van der Waals surface area contributed by atoms with Crippen molar-refractivity contribution < 1.29 is 23.7 Å². The minimum atomic E-state index is 0. The van der Waals surface area contributed by atoms with Gasteiger partial charge in [-0.05, 0) is 19.8 Å². The molecule has 0 aliphatic heterocycles. The van der Waals surface area contributed by atoms with Crippen LogP contribution in [-0.4, -0.2) is 11.9 Å². The number of hydrogen-bond donors (Lipinski definition) is 1. The van der Waals surface area contributed by atoms with Crippen LogP contribution in [0.25, 0.3) is 0 Å². The summed E-state index contributed by atoms with van der Waals surface area (Å²) in [7, 11) is 0. The molecule has 1 N–H and O–H groups in total. The smallest absolute Gasteiger partial charge is 0.354 e. The van der Waals surface area contributed by atoms with Gasteiger partial charge in [0.15, 0.2) is 0 Å². The van der Waals surface area contributed by atoms with Crippen LogP contribution in [0.4, 0.5) is 0 Å². The van der Waals surface area contributed by atoms with Crippen molar-refractivity contribution >= 4 is 5.91 Å². The number of carbonyl (C=O) groups excluding carboxylic acids is 1. The Morgan fingerprint density at radius 2 is 2.09 bits per heavy atom. The summed E-state index contributed by atoms with van der Waals surface area (Å²) in [6.07, 6.45) is 4.08. The van der Waals surface area contributed by atoms with Gasteiger partial charge in [0, 0.05) is 6.04 Å². The van der Waals surface area contributed by atoms with Gasteiger partial charge >= 0.3 is 18.9 Å². The molecule has 0 spiro atoms. The molecule has 1 fully saturated rings. The van der Waals surface area contributed by atoms with Gasteiger partial charge < -0.3 is 11.7 Å². The van der Waals surface area contributed by atoms with Crippen molar-refractivity contribution in [1.29, 1.82) is 0 Å². The maximum absolute atomic E-state index is 11.1. The number of rotatable bonds is 2. The quantitative estimate of drug-likeness (QED) is 0.360. The molecule has 0 bridgehead atoms. The summed E-state index contributed by atoms with van der Waals surface area (Å²) < 4.78 is 0. The monoisotopic (exact) mass is 147 g/mol. The van der Waals surface area contributed by atoms with Crippen LogP contribution in [0.5, 0.6) is 0 Å². The molecular weight excluding hydrogens is 133 g/mol. The van der Waals surface area contributed by atoms with Gasteiger partial charge in [-0.3, -0.25) is 4.79 Å². The standard InChI is InChI=1S/C8H14NO.Li/c1-6(2)9-8(10)7-4-3-5-7;/h3,6-7H,4-5H2,1-2H3,(H,9,10);/q-1;+1.